The molecule has 0 radical (unpaired) electrons. The van der Waals surface area contributed by atoms with Gasteiger partial charge in [0.2, 0.25) is 0 Å². The first kappa shape index (κ1) is 15.2. The third kappa shape index (κ3) is 3.49. The van der Waals surface area contributed by atoms with Crippen LogP contribution < -0.4 is 9.88 Å². The number of ether oxygens (including phenoxy) is 1. The minimum absolute atomic E-state index is 0.215. The van der Waals surface area contributed by atoms with Crippen molar-refractivity contribution in [2.24, 2.45) is 5.14 Å². The highest BCUT2D eigenvalue weighted by Gasteiger charge is 2.26. The van der Waals surface area contributed by atoms with E-state index in [0.717, 1.165) is 11.3 Å². The number of nitrogens with two attached hydrogens (primary N) is 1. The van der Waals surface area contributed by atoms with Crippen LogP contribution in [0.2, 0.25) is 0 Å². The summed E-state index contributed by atoms with van der Waals surface area (Å²) in [6, 6.07) is 8.16. The molecule has 6 nitrogen and oxygen atoms in total. The van der Waals surface area contributed by atoms with Gasteiger partial charge in [-0.05, 0) is 24.6 Å². The number of piperazine rings is 1. The maximum absolute atomic E-state index is 11.3. The van der Waals surface area contributed by atoms with E-state index in [1.165, 1.54) is 4.31 Å². The van der Waals surface area contributed by atoms with Crippen LogP contribution in [0.15, 0.2) is 24.3 Å². The van der Waals surface area contributed by atoms with Crippen molar-refractivity contribution >= 4 is 10.2 Å². The zero-order valence-electron chi connectivity index (χ0n) is 11.8. The van der Waals surface area contributed by atoms with Crippen molar-refractivity contribution in [2.45, 2.75) is 13.0 Å². The summed E-state index contributed by atoms with van der Waals surface area (Å²) in [6.45, 7) is 4.34. The molecule has 1 heterocycles. The minimum atomic E-state index is -3.56. The molecule has 1 unspecified atom stereocenters. The zero-order valence-corrected chi connectivity index (χ0v) is 12.6. The number of nitrogens with zero attached hydrogens (tertiary/aromatic N) is 2. The summed E-state index contributed by atoms with van der Waals surface area (Å²) in [6.07, 6.45) is 0. The van der Waals surface area contributed by atoms with Gasteiger partial charge in [0.05, 0.1) is 7.11 Å². The fraction of sp³-hybridized carbons (Fsp3) is 0.538. The predicted molar refractivity (Wildman–Crippen MR) is 77.7 cm³/mol. The highest BCUT2D eigenvalue weighted by atomic mass is 32.2. The van der Waals surface area contributed by atoms with Crippen molar-refractivity contribution in [1.82, 2.24) is 9.21 Å². The largest absolute Gasteiger partial charge is 0.497 e. The Morgan fingerprint density at radius 2 is 1.90 bits per heavy atom. The fourth-order valence-corrected chi connectivity index (χ4v) is 3.13. The Bertz CT molecular complexity index is 554. The summed E-state index contributed by atoms with van der Waals surface area (Å²) >= 11 is 0. The van der Waals surface area contributed by atoms with Gasteiger partial charge in [-0.3, -0.25) is 4.90 Å². The Kier molecular flexibility index (Phi) is 4.64. The second kappa shape index (κ2) is 6.09. The van der Waals surface area contributed by atoms with E-state index in [2.05, 4.69) is 17.9 Å². The van der Waals surface area contributed by atoms with Crippen molar-refractivity contribution in [3.8, 4) is 5.75 Å². The Hall–Kier alpha value is -1.15. The van der Waals surface area contributed by atoms with Crippen molar-refractivity contribution < 1.29 is 13.2 Å². The molecule has 0 aliphatic carbocycles. The summed E-state index contributed by atoms with van der Waals surface area (Å²) in [5.41, 5.74) is 1.16. The highest BCUT2D eigenvalue weighted by molar-refractivity contribution is 7.86. The maximum Gasteiger partial charge on any atom is 0.276 e. The van der Waals surface area contributed by atoms with Gasteiger partial charge >= 0.3 is 0 Å². The van der Waals surface area contributed by atoms with E-state index >= 15 is 0 Å². The summed E-state index contributed by atoms with van der Waals surface area (Å²) < 4.78 is 29.1. The Balaban J connectivity index is 2.02. The van der Waals surface area contributed by atoms with E-state index in [4.69, 9.17) is 9.88 Å². The van der Waals surface area contributed by atoms with Crippen LogP contribution in [0.1, 0.15) is 18.5 Å². The van der Waals surface area contributed by atoms with E-state index in [1.54, 1.807) is 7.11 Å². The molecule has 20 heavy (non-hydrogen) atoms. The first-order valence-electron chi connectivity index (χ1n) is 6.57. The van der Waals surface area contributed by atoms with E-state index in [-0.39, 0.29) is 6.04 Å². The van der Waals surface area contributed by atoms with Gasteiger partial charge in [-0.2, -0.15) is 12.7 Å². The predicted octanol–water partition coefficient (Wildman–Crippen LogP) is 0.577. The van der Waals surface area contributed by atoms with Gasteiger partial charge in [0.25, 0.3) is 10.2 Å². The molecular weight excluding hydrogens is 278 g/mol. The van der Waals surface area contributed by atoms with Gasteiger partial charge in [-0.15, -0.1) is 0 Å². The lowest BCUT2D eigenvalue weighted by molar-refractivity contribution is 0.145. The van der Waals surface area contributed by atoms with Crippen molar-refractivity contribution in [3.05, 3.63) is 29.8 Å². The minimum Gasteiger partial charge on any atom is -0.497 e. The second-order valence-corrected chi connectivity index (χ2v) is 6.48. The smallest absolute Gasteiger partial charge is 0.276 e. The Morgan fingerprint density at radius 3 is 2.45 bits per heavy atom. The van der Waals surface area contributed by atoms with Gasteiger partial charge < -0.3 is 4.74 Å². The molecule has 1 fully saturated rings. The number of benzene rings is 1. The monoisotopic (exact) mass is 299 g/mol. The number of rotatable bonds is 4. The number of hydrogen-bond acceptors (Lipinski definition) is 4. The second-order valence-electron chi connectivity index (χ2n) is 4.93. The van der Waals surface area contributed by atoms with Crippen LogP contribution in [0.5, 0.6) is 5.75 Å². The van der Waals surface area contributed by atoms with E-state index in [0.29, 0.717) is 26.2 Å². The molecule has 0 amide bonds. The summed E-state index contributed by atoms with van der Waals surface area (Å²) in [7, 11) is -1.92. The van der Waals surface area contributed by atoms with Crippen LogP contribution in [0.4, 0.5) is 0 Å². The molecule has 7 heteroatoms. The standard InChI is InChI=1S/C13H21N3O3S/c1-11(12-4-3-5-13(10-12)19-2)15-6-8-16(9-7-15)20(14,17)18/h3-5,10-11H,6-9H2,1-2H3,(H2,14,17,18). The molecule has 2 N–H and O–H groups in total. The SMILES string of the molecule is COc1cccc(C(C)N2CCN(S(N)(=O)=O)CC2)c1. The topological polar surface area (TPSA) is 75.9 Å². The first-order chi connectivity index (χ1) is 9.41. The summed E-state index contributed by atoms with van der Waals surface area (Å²) in [5, 5.41) is 5.14. The van der Waals surface area contributed by atoms with E-state index in [1.807, 2.05) is 18.2 Å². The lowest BCUT2D eigenvalue weighted by atomic mass is 10.1. The Morgan fingerprint density at radius 1 is 1.25 bits per heavy atom. The number of hydrogen-bond donors (Lipinski definition) is 1. The van der Waals surface area contributed by atoms with Crippen molar-refractivity contribution in [2.75, 3.05) is 33.3 Å². The molecule has 1 aliphatic heterocycles. The van der Waals surface area contributed by atoms with Gasteiger partial charge in [0, 0.05) is 32.2 Å². The third-order valence-corrected chi connectivity index (χ3v) is 4.84. The first-order valence-corrected chi connectivity index (χ1v) is 8.08. The van der Waals surface area contributed by atoms with Gasteiger partial charge in [0.15, 0.2) is 0 Å². The molecular formula is C13H21N3O3S. The van der Waals surface area contributed by atoms with E-state index < -0.39 is 10.2 Å². The van der Waals surface area contributed by atoms with E-state index in [9.17, 15) is 8.42 Å². The average Bonchev–Trinajstić information content (AvgIpc) is 2.46. The quantitative estimate of drug-likeness (QED) is 0.882. The van der Waals surface area contributed by atoms with Crippen LogP contribution in [0.3, 0.4) is 0 Å². The molecule has 1 atom stereocenters. The Labute approximate surface area is 120 Å². The third-order valence-electron chi connectivity index (χ3n) is 3.76. The van der Waals surface area contributed by atoms with Crippen LogP contribution in [-0.2, 0) is 10.2 Å². The summed E-state index contributed by atoms with van der Waals surface area (Å²) in [4.78, 5) is 2.25. The summed E-state index contributed by atoms with van der Waals surface area (Å²) in [5.74, 6) is 0.831. The molecule has 112 valence electrons. The lowest BCUT2D eigenvalue weighted by Gasteiger charge is -2.36. The normalized spacial score (nSPS) is 19.8. The molecule has 0 aromatic heterocycles. The lowest BCUT2D eigenvalue weighted by Crippen LogP contribution is -2.51. The molecule has 1 saturated heterocycles. The molecule has 1 aromatic carbocycles. The molecule has 0 spiro atoms. The van der Waals surface area contributed by atoms with Crippen molar-refractivity contribution in [3.63, 3.8) is 0 Å². The van der Waals surface area contributed by atoms with Crippen LogP contribution >= 0.6 is 0 Å². The average molecular weight is 299 g/mol. The maximum atomic E-state index is 11.3. The molecule has 0 saturated carbocycles. The van der Waals surface area contributed by atoms with Gasteiger partial charge in [-0.1, -0.05) is 12.1 Å². The van der Waals surface area contributed by atoms with Gasteiger partial charge in [-0.25, -0.2) is 5.14 Å². The fourth-order valence-electron chi connectivity index (χ4n) is 2.46. The number of methoxy groups -OCH3 is 1. The highest BCUT2D eigenvalue weighted by Crippen LogP contribution is 2.25. The molecule has 1 aromatic rings. The zero-order chi connectivity index (χ0) is 14.8. The molecule has 2 rings (SSSR count). The van der Waals surface area contributed by atoms with Crippen LogP contribution in [-0.4, -0.2) is 50.9 Å². The van der Waals surface area contributed by atoms with Crippen LogP contribution in [0, 0.1) is 0 Å². The van der Waals surface area contributed by atoms with Gasteiger partial charge in [0.1, 0.15) is 5.75 Å². The molecule has 0 bridgehead atoms. The van der Waals surface area contributed by atoms with Crippen molar-refractivity contribution in [1.29, 1.82) is 0 Å². The van der Waals surface area contributed by atoms with Crippen LogP contribution in [0.25, 0.3) is 0 Å². The molecule has 1 aliphatic rings.